The molecule has 30 heavy (non-hydrogen) atoms. The molecule has 3 N–H and O–H groups in total. The molecule has 0 spiro atoms. The summed E-state index contributed by atoms with van der Waals surface area (Å²) in [5.74, 6) is 2.30. The van der Waals surface area contributed by atoms with Crippen molar-refractivity contribution in [3.05, 3.63) is 32.6 Å². The summed E-state index contributed by atoms with van der Waals surface area (Å²) >= 11 is 0. The molecule has 1 aliphatic rings. The Hall–Kier alpha value is -3.13. The van der Waals surface area contributed by atoms with E-state index in [9.17, 15) is 32.7 Å². The van der Waals surface area contributed by atoms with Gasteiger partial charge < -0.3 is 19.9 Å². The molecule has 0 bridgehead atoms. The average Bonchev–Trinajstić information content (AvgIpc) is 3.08. The topological polar surface area (TPSA) is 146 Å². The highest BCUT2D eigenvalue weighted by Gasteiger charge is 2.38. The fourth-order valence-corrected chi connectivity index (χ4v) is 2.62. The monoisotopic (exact) mass is 430 g/mol. The molecule has 1 saturated heterocycles. The van der Waals surface area contributed by atoms with Crippen molar-refractivity contribution in [3.63, 3.8) is 0 Å². The summed E-state index contributed by atoms with van der Waals surface area (Å²) in [5, 5.41) is 19.5. The minimum Gasteiger partial charge on any atom is -0.394 e. The minimum absolute atomic E-state index is 0.106. The van der Waals surface area contributed by atoms with E-state index in [1.54, 1.807) is 0 Å². The molecular weight excluding hydrogens is 413 g/mol. The van der Waals surface area contributed by atoms with Gasteiger partial charge in [0.2, 0.25) is 0 Å². The van der Waals surface area contributed by atoms with Crippen LogP contribution in [0.25, 0.3) is 0 Å². The lowest BCUT2D eigenvalue weighted by molar-refractivity contribution is -0.173. The summed E-state index contributed by atoms with van der Waals surface area (Å²) in [5.41, 5.74) is -1.94. The maximum atomic E-state index is 12.1. The smallest absolute Gasteiger partial charge is 0.394 e. The molecule has 10 nitrogen and oxygen atoms in total. The quantitative estimate of drug-likeness (QED) is 0.393. The van der Waals surface area contributed by atoms with Gasteiger partial charge in [-0.25, -0.2) is 4.79 Å². The van der Waals surface area contributed by atoms with Crippen LogP contribution in [0.1, 0.15) is 24.6 Å². The zero-order chi connectivity index (χ0) is 22.3. The van der Waals surface area contributed by atoms with Gasteiger partial charge >= 0.3 is 17.8 Å². The number of halogens is 3. The summed E-state index contributed by atoms with van der Waals surface area (Å²) < 4.78 is 48.4. The van der Waals surface area contributed by atoms with Crippen molar-refractivity contribution in [2.24, 2.45) is 0 Å². The van der Waals surface area contributed by atoms with E-state index in [-0.39, 0.29) is 25.0 Å². The zero-order valence-corrected chi connectivity index (χ0v) is 15.4. The van der Waals surface area contributed by atoms with Crippen molar-refractivity contribution in [2.75, 3.05) is 19.8 Å². The van der Waals surface area contributed by atoms with Crippen LogP contribution < -0.4 is 16.6 Å². The van der Waals surface area contributed by atoms with Gasteiger partial charge in [0.25, 0.3) is 5.56 Å². The van der Waals surface area contributed by atoms with Crippen LogP contribution in [0.15, 0.2) is 15.8 Å². The van der Waals surface area contributed by atoms with E-state index in [1.165, 1.54) is 5.32 Å². The highest BCUT2D eigenvalue weighted by Crippen LogP contribution is 2.29. The fraction of sp³-hybridized carbons (Fsp3) is 0.529. The minimum atomic E-state index is -5.05. The van der Waals surface area contributed by atoms with Crippen molar-refractivity contribution in [1.82, 2.24) is 14.9 Å². The van der Waals surface area contributed by atoms with Crippen LogP contribution in [0.4, 0.5) is 13.2 Å². The first kappa shape index (κ1) is 23.2. The second kappa shape index (κ2) is 10.1. The van der Waals surface area contributed by atoms with Crippen molar-refractivity contribution in [2.45, 2.75) is 37.5 Å². The number of hydrogen-bond acceptors (Lipinski definition) is 7. The Morgan fingerprint density at radius 3 is 2.83 bits per heavy atom. The number of carbonyl (C=O) groups excluding carboxylic acids is 1. The van der Waals surface area contributed by atoms with Crippen molar-refractivity contribution >= 4 is 5.91 Å². The number of nitrogens with zero attached hydrogens (tertiary/aromatic N) is 2. The van der Waals surface area contributed by atoms with Gasteiger partial charge in [-0.2, -0.15) is 18.4 Å². The Balaban J connectivity index is 2.15. The first-order valence-electron chi connectivity index (χ1n) is 8.61. The summed E-state index contributed by atoms with van der Waals surface area (Å²) in [6, 6.07) is 1.90. The Morgan fingerprint density at radius 1 is 1.47 bits per heavy atom. The van der Waals surface area contributed by atoms with E-state index >= 15 is 0 Å². The highest BCUT2D eigenvalue weighted by atomic mass is 19.4. The molecule has 0 aliphatic carbocycles. The third kappa shape index (κ3) is 5.93. The number of nitriles is 1. The number of rotatable bonds is 6. The SMILES string of the molecule is N#CCCOC1C[C@@H](n2cc(C#CCNC(=O)C(F)(F)F)c(=O)[nH]c2=O)O[C@H]1CO. The molecule has 13 heteroatoms. The highest BCUT2D eigenvalue weighted by molar-refractivity contribution is 5.81. The van der Waals surface area contributed by atoms with E-state index in [0.717, 1.165) is 10.8 Å². The number of alkyl halides is 3. The normalized spacial score (nSPS) is 20.8. The lowest BCUT2D eigenvalue weighted by atomic mass is 10.2. The van der Waals surface area contributed by atoms with Gasteiger partial charge in [0.15, 0.2) is 0 Å². The third-order valence-electron chi connectivity index (χ3n) is 4.00. The molecule has 2 heterocycles. The Bertz CT molecular complexity index is 985. The van der Waals surface area contributed by atoms with Crippen LogP contribution in [-0.2, 0) is 14.3 Å². The Kier molecular flexibility index (Phi) is 7.77. The van der Waals surface area contributed by atoms with Gasteiger partial charge in [-0.1, -0.05) is 11.8 Å². The van der Waals surface area contributed by atoms with E-state index < -0.39 is 54.9 Å². The van der Waals surface area contributed by atoms with Gasteiger partial charge in [-0.15, -0.1) is 0 Å². The van der Waals surface area contributed by atoms with E-state index in [4.69, 9.17) is 14.7 Å². The van der Waals surface area contributed by atoms with E-state index in [1.807, 2.05) is 11.1 Å². The summed E-state index contributed by atoms with van der Waals surface area (Å²) in [7, 11) is 0. The summed E-state index contributed by atoms with van der Waals surface area (Å²) in [6.45, 7) is -0.968. The number of amides is 1. The van der Waals surface area contributed by atoms with E-state index in [2.05, 4.69) is 11.8 Å². The summed E-state index contributed by atoms with van der Waals surface area (Å²) in [6.07, 6.45) is -6.00. The van der Waals surface area contributed by atoms with Gasteiger partial charge in [0.1, 0.15) is 17.9 Å². The fourth-order valence-electron chi connectivity index (χ4n) is 2.62. The number of aromatic nitrogens is 2. The van der Waals surface area contributed by atoms with Crippen LogP contribution >= 0.6 is 0 Å². The molecule has 1 fully saturated rings. The van der Waals surface area contributed by atoms with Crippen LogP contribution in [0.5, 0.6) is 0 Å². The number of aliphatic hydroxyl groups is 1. The Morgan fingerprint density at radius 2 is 2.20 bits per heavy atom. The van der Waals surface area contributed by atoms with Crippen LogP contribution in [0.3, 0.4) is 0 Å². The number of aromatic amines is 1. The lowest BCUT2D eigenvalue weighted by Crippen LogP contribution is -2.37. The van der Waals surface area contributed by atoms with E-state index in [0.29, 0.717) is 0 Å². The number of nitrogens with one attached hydrogen (secondary N) is 2. The van der Waals surface area contributed by atoms with Crippen molar-refractivity contribution in [1.29, 1.82) is 5.26 Å². The zero-order valence-electron chi connectivity index (χ0n) is 15.4. The largest absolute Gasteiger partial charge is 0.471 e. The standard InChI is InChI=1S/C17H17F3N4O6/c18-17(19,20)15(27)22-5-1-3-10-8-24(16(28)23-14(10)26)13-7-11(12(9-25)30-13)29-6-2-4-21/h8,11-13,25H,2,5-7,9H2,(H,22,27)(H,23,26,28)/t11?,12-,13-/m0/s1. The van der Waals surface area contributed by atoms with Crippen LogP contribution in [0.2, 0.25) is 0 Å². The maximum absolute atomic E-state index is 12.1. The van der Waals surface area contributed by atoms with Gasteiger partial charge in [0, 0.05) is 12.6 Å². The number of carbonyl (C=O) groups is 1. The molecule has 1 unspecified atom stereocenters. The van der Waals surface area contributed by atoms with Crippen molar-refractivity contribution < 1.29 is 32.5 Å². The molecule has 162 valence electrons. The molecule has 3 atom stereocenters. The molecule has 0 radical (unpaired) electrons. The molecule has 2 rings (SSSR count). The van der Waals surface area contributed by atoms with Gasteiger partial charge in [-0.05, 0) is 0 Å². The molecule has 1 aliphatic heterocycles. The van der Waals surface area contributed by atoms with Gasteiger partial charge in [-0.3, -0.25) is 19.1 Å². The lowest BCUT2D eigenvalue weighted by Gasteiger charge is -2.15. The molecular formula is C17H17F3N4O6. The predicted molar refractivity (Wildman–Crippen MR) is 92.8 cm³/mol. The van der Waals surface area contributed by atoms with Crippen LogP contribution in [0, 0.1) is 23.2 Å². The second-order valence-corrected chi connectivity index (χ2v) is 6.06. The molecule has 1 aromatic heterocycles. The first-order chi connectivity index (χ1) is 14.2. The molecule has 1 amide bonds. The number of H-pyrrole nitrogens is 1. The number of aliphatic hydroxyl groups excluding tert-OH is 1. The van der Waals surface area contributed by atoms with Gasteiger partial charge in [0.05, 0.1) is 38.4 Å². The molecule has 0 aromatic carbocycles. The summed E-state index contributed by atoms with van der Waals surface area (Å²) in [4.78, 5) is 36.7. The van der Waals surface area contributed by atoms with Crippen LogP contribution in [-0.4, -0.2) is 58.7 Å². The number of ether oxygens (including phenoxy) is 2. The molecule has 0 saturated carbocycles. The Labute approximate surface area is 167 Å². The number of hydrogen-bond donors (Lipinski definition) is 3. The molecule has 1 aromatic rings. The second-order valence-electron chi connectivity index (χ2n) is 6.06. The predicted octanol–water partition coefficient (Wildman–Crippen LogP) is -0.855. The maximum Gasteiger partial charge on any atom is 0.471 e. The average molecular weight is 430 g/mol. The first-order valence-corrected chi connectivity index (χ1v) is 8.61. The van der Waals surface area contributed by atoms with Crippen molar-refractivity contribution in [3.8, 4) is 17.9 Å². The third-order valence-corrected chi connectivity index (χ3v) is 4.00.